The Morgan fingerprint density at radius 3 is 2.61 bits per heavy atom. The number of rotatable bonds is 6. The minimum atomic E-state index is -0.0126. The van der Waals surface area contributed by atoms with E-state index >= 15 is 0 Å². The quantitative estimate of drug-likeness (QED) is 0.543. The second kappa shape index (κ2) is 8.85. The van der Waals surface area contributed by atoms with Crippen LogP contribution in [0.2, 0.25) is 15.1 Å². The molecule has 0 radical (unpaired) electrons. The van der Waals surface area contributed by atoms with Crippen molar-refractivity contribution in [2.24, 2.45) is 0 Å². The molecule has 3 nitrogen and oxygen atoms in total. The van der Waals surface area contributed by atoms with Crippen molar-refractivity contribution in [3.05, 3.63) is 68.7 Å². The molecule has 0 aromatic heterocycles. The summed E-state index contributed by atoms with van der Waals surface area (Å²) in [7, 11) is 0. The van der Waals surface area contributed by atoms with Gasteiger partial charge in [-0.1, -0.05) is 59.1 Å². The highest BCUT2D eigenvalue weighted by molar-refractivity contribution is 7.99. The molecule has 0 N–H and O–H groups in total. The Labute approximate surface area is 184 Å². The predicted octanol–water partition coefficient (Wildman–Crippen LogP) is 5.89. The Balaban J connectivity index is 1.48. The maximum atomic E-state index is 13.2. The molecule has 0 bridgehead atoms. The zero-order chi connectivity index (χ0) is 19.7. The average Bonchev–Trinajstić information content (AvgIpc) is 3.40. The monoisotopic (exact) mass is 454 g/mol. The first-order valence-corrected chi connectivity index (χ1v) is 11.5. The van der Waals surface area contributed by atoms with Gasteiger partial charge in [0.2, 0.25) is 5.91 Å². The summed E-state index contributed by atoms with van der Waals surface area (Å²) in [6.07, 6.45) is 2.25. The highest BCUT2D eigenvalue weighted by atomic mass is 35.5. The number of nitrogens with zero attached hydrogens (tertiary/aromatic N) is 2. The van der Waals surface area contributed by atoms with Crippen LogP contribution in [0.3, 0.4) is 0 Å². The molecule has 0 spiro atoms. The van der Waals surface area contributed by atoms with Crippen LogP contribution in [0.5, 0.6) is 0 Å². The van der Waals surface area contributed by atoms with Gasteiger partial charge < -0.3 is 4.90 Å². The number of hydrogen-bond acceptors (Lipinski definition) is 3. The second-order valence-electron chi connectivity index (χ2n) is 7.20. The molecular formula is C21H21Cl3N2OS. The van der Waals surface area contributed by atoms with Gasteiger partial charge in [-0.3, -0.25) is 9.69 Å². The smallest absolute Gasteiger partial charge is 0.237 e. The van der Waals surface area contributed by atoms with E-state index in [-0.39, 0.29) is 11.3 Å². The van der Waals surface area contributed by atoms with Crippen LogP contribution in [-0.2, 0) is 11.3 Å². The highest BCUT2D eigenvalue weighted by Crippen LogP contribution is 2.41. The predicted molar refractivity (Wildman–Crippen MR) is 118 cm³/mol. The van der Waals surface area contributed by atoms with Crippen LogP contribution >= 0.6 is 46.6 Å². The molecular weight excluding hydrogens is 435 g/mol. The molecule has 1 unspecified atom stereocenters. The van der Waals surface area contributed by atoms with Crippen molar-refractivity contribution in [1.82, 2.24) is 9.80 Å². The van der Waals surface area contributed by atoms with Crippen LogP contribution in [0, 0.1) is 0 Å². The summed E-state index contributed by atoms with van der Waals surface area (Å²) in [5, 5.41) is 1.98. The third-order valence-electron chi connectivity index (χ3n) is 5.17. The van der Waals surface area contributed by atoms with E-state index < -0.39 is 0 Å². The minimum Gasteiger partial charge on any atom is -0.325 e. The fourth-order valence-corrected chi connectivity index (χ4v) is 5.63. The van der Waals surface area contributed by atoms with Gasteiger partial charge in [-0.05, 0) is 36.6 Å². The van der Waals surface area contributed by atoms with Crippen molar-refractivity contribution >= 4 is 52.5 Å². The lowest BCUT2D eigenvalue weighted by atomic mass is 10.2. The Bertz CT molecular complexity index is 874. The number of halogens is 3. The number of benzene rings is 2. The normalized spacial score (nSPS) is 19.4. The fraction of sp³-hybridized carbons (Fsp3) is 0.381. The highest BCUT2D eigenvalue weighted by Gasteiger charge is 2.36. The lowest BCUT2D eigenvalue weighted by Crippen LogP contribution is -2.40. The molecule has 1 amide bonds. The van der Waals surface area contributed by atoms with Gasteiger partial charge in [0.05, 0.1) is 6.54 Å². The molecule has 2 aromatic rings. The van der Waals surface area contributed by atoms with E-state index in [0.717, 1.165) is 36.3 Å². The zero-order valence-corrected chi connectivity index (χ0v) is 18.4. The van der Waals surface area contributed by atoms with Gasteiger partial charge in [0, 0.05) is 45.5 Å². The summed E-state index contributed by atoms with van der Waals surface area (Å²) in [4.78, 5) is 17.4. The SMILES string of the molecule is O=C(CN(Cc1ccc(Cl)cc1Cl)C1CC1)N1CCSC1c1ccccc1Cl. The average molecular weight is 456 g/mol. The van der Waals surface area contributed by atoms with Gasteiger partial charge in [-0.15, -0.1) is 11.8 Å². The first-order valence-electron chi connectivity index (χ1n) is 9.36. The number of amides is 1. The maximum absolute atomic E-state index is 13.2. The second-order valence-corrected chi connectivity index (χ2v) is 9.64. The van der Waals surface area contributed by atoms with Gasteiger partial charge in [0.15, 0.2) is 0 Å². The molecule has 28 heavy (non-hydrogen) atoms. The van der Waals surface area contributed by atoms with Crippen molar-refractivity contribution in [3.63, 3.8) is 0 Å². The number of thioether (sulfide) groups is 1. The largest absolute Gasteiger partial charge is 0.325 e. The van der Waals surface area contributed by atoms with Crippen molar-refractivity contribution in [1.29, 1.82) is 0 Å². The van der Waals surface area contributed by atoms with Crippen LogP contribution in [0.25, 0.3) is 0 Å². The molecule has 148 valence electrons. The summed E-state index contributed by atoms with van der Waals surface area (Å²) < 4.78 is 0. The van der Waals surface area contributed by atoms with Crippen molar-refractivity contribution in [3.8, 4) is 0 Å². The number of carbonyl (C=O) groups excluding carboxylic acids is 1. The Hall–Kier alpha value is -0.910. The van der Waals surface area contributed by atoms with Crippen LogP contribution in [0.15, 0.2) is 42.5 Å². The van der Waals surface area contributed by atoms with Gasteiger partial charge in [-0.25, -0.2) is 0 Å². The molecule has 1 atom stereocenters. The van der Waals surface area contributed by atoms with E-state index in [1.807, 2.05) is 41.3 Å². The molecule has 7 heteroatoms. The van der Waals surface area contributed by atoms with E-state index in [9.17, 15) is 4.79 Å². The van der Waals surface area contributed by atoms with Gasteiger partial charge in [-0.2, -0.15) is 0 Å². The van der Waals surface area contributed by atoms with Crippen LogP contribution < -0.4 is 0 Å². The topological polar surface area (TPSA) is 23.6 Å². The summed E-state index contributed by atoms with van der Waals surface area (Å²) in [5.74, 6) is 1.07. The van der Waals surface area contributed by atoms with Gasteiger partial charge in [0.1, 0.15) is 5.37 Å². The third-order valence-corrected chi connectivity index (χ3v) is 7.35. The van der Waals surface area contributed by atoms with Crippen LogP contribution in [0.1, 0.15) is 29.3 Å². The summed E-state index contributed by atoms with van der Waals surface area (Å²) in [6, 6.07) is 13.8. The molecule has 2 aromatic carbocycles. The van der Waals surface area contributed by atoms with Gasteiger partial charge in [0.25, 0.3) is 0 Å². The summed E-state index contributed by atoms with van der Waals surface area (Å²) in [6.45, 7) is 1.80. The zero-order valence-electron chi connectivity index (χ0n) is 15.3. The van der Waals surface area contributed by atoms with Gasteiger partial charge >= 0.3 is 0 Å². The third kappa shape index (κ3) is 4.63. The van der Waals surface area contributed by atoms with E-state index in [1.54, 1.807) is 17.8 Å². The lowest BCUT2D eigenvalue weighted by Gasteiger charge is -2.29. The Kier molecular flexibility index (Phi) is 6.43. The fourth-order valence-electron chi connectivity index (χ4n) is 3.55. The first-order chi connectivity index (χ1) is 13.5. The maximum Gasteiger partial charge on any atom is 0.237 e. The summed E-state index contributed by atoms with van der Waals surface area (Å²) >= 11 is 20.5. The number of hydrogen-bond donors (Lipinski definition) is 0. The summed E-state index contributed by atoms with van der Waals surface area (Å²) in [5.41, 5.74) is 2.02. The van der Waals surface area contributed by atoms with E-state index in [0.29, 0.717) is 34.2 Å². The molecule has 1 saturated carbocycles. The molecule has 2 aliphatic rings. The molecule has 1 aliphatic heterocycles. The Morgan fingerprint density at radius 2 is 1.89 bits per heavy atom. The van der Waals surface area contributed by atoms with Crippen molar-refractivity contribution in [2.75, 3.05) is 18.8 Å². The van der Waals surface area contributed by atoms with Crippen molar-refractivity contribution < 1.29 is 4.79 Å². The molecule has 4 rings (SSSR count). The first kappa shape index (κ1) is 20.4. The Morgan fingerprint density at radius 1 is 1.11 bits per heavy atom. The van der Waals surface area contributed by atoms with Crippen LogP contribution in [0.4, 0.5) is 0 Å². The molecule has 2 fully saturated rings. The van der Waals surface area contributed by atoms with E-state index in [1.165, 1.54) is 0 Å². The lowest BCUT2D eigenvalue weighted by molar-refractivity contribution is -0.132. The standard InChI is InChI=1S/C21H21Cl3N2OS/c22-15-6-5-14(19(24)11-15)12-25(16-7-8-16)13-20(27)26-9-10-28-21(26)17-3-1-2-4-18(17)23/h1-6,11,16,21H,7-10,12-13H2. The molecule has 1 heterocycles. The van der Waals surface area contributed by atoms with Crippen molar-refractivity contribution in [2.45, 2.75) is 30.8 Å². The minimum absolute atomic E-state index is 0.0126. The molecule has 1 aliphatic carbocycles. The number of carbonyl (C=O) groups is 1. The van der Waals surface area contributed by atoms with E-state index in [4.69, 9.17) is 34.8 Å². The van der Waals surface area contributed by atoms with Crippen LogP contribution in [-0.4, -0.2) is 40.6 Å². The van der Waals surface area contributed by atoms with E-state index in [2.05, 4.69) is 4.90 Å². The molecule has 1 saturated heterocycles.